The molecule has 0 unspecified atom stereocenters. The summed E-state index contributed by atoms with van der Waals surface area (Å²) in [7, 11) is 0. The Kier molecular flexibility index (Phi) is 14.3. The van der Waals surface area contributed by atoms with Crippen LogP contribution in [0, 0.1) is 6.92 Å². The van der Waals surface area contributed by atoms with Gasteiger partial charge in [0.2, 0.25) is 0 Å². The number of hydroxylamine groups is 2. The van der Waals surface area contributed by atoms with E-state index in [2.05, 4.69) is 0 Å². The van der Waals surface area contributed by atoms with Gasteiger partial charge in [-0.1, -0.05) is 0 Å². The second-order valence-electron chi connectivity index (χ2n) is 5.65. The van der Waals surface area contributed by atoms with E-state index < -0.39 is 17.8 Å². The average Bonchev–Trinajstić information content (AvgIpc) is 2.99. The topological polar surface area (TPSA) is 110 Å². The molecule has 0 aromatic carbocycles. The van der Waals surface area contributed by atoms with Crippen LogP contribution < -0.4 is 0 Å². The molecule has 10 heteroatoms. The maximum Gasteiger partial charge on any atom is 0.335 e. The van der Waals surface area contributed by atoms with Gasteiger partial charge in [0.1, 0.15) is 0 Å². The average molecular weight is 403 g/mol. The molecule has 1 fully saturated rings. The summed E-state index contributed by atoms with van der Waals surface area (Å²) in [5.41, 5.74) is 0. The fraction of sp³-hybridized carbons (Fsp3) is 0.778. The van der Waals surface area contributed by atoms with E-state index in [4.69, 9.17) is 35.4 Å². The van der Waals surface area contributed by atoms with Gasteiger partial charge in [0.15, 0.2) is 0 Å². The number of carbonyl (C=O) groups is 3. The van der Waals surface area contributed by atoms with Crippen molar-refractivity contribution in [2.24, 2.45) is 0 Å². The predicted octanol–water partition coefficient (Wildman–Crippen LogP) is 0.168. The Labute approximate surface area is 165 Å². The van der Waals surface area contributed by atoms with Crippen molar-refractivity contribution in [2.75, 3.05) is 66.1 Å². The summed E-state index contributed by atoms with van der Waals surface area (Å²) < 4.78 is 26.3. The fourth-order valence-electron chi connectivity index (χ4n) is 2.03. The summed E-state index contributed by atoms with van der Waals surface area (Å²) in [5, 5.41) is 0.520. The van der Waals surface area contributed by atoms with Crippen molar-refractivity contribution in [3.05, 3.63) is 6.92 Å². The molecular weight excluding hydrogens is 374 g/mol. The molecule has 160 valence electrons. The van der Waals surface area contributed by atoms with Crippen molar-refractivity contribution in [1.29, 1.82) is 0 Å². The van der Waals surface area contributed by atoms with Crippen LogP contribution in [0.3, 0.4) is 0 Å². The van der Waals surface area contributed by atoms with Gasteiger partial charge in [-0.25, -0.2) is 4.79 Å². The standard InChI is InChI=1S/C18H29NO9/c1-2-6-23-8-10-25-12-14-27-15-13-26-11-9-24-7-5-18(22)28-19-16(20)3-4-17(19)21/h1H,2-15H2. The van der Waals surface area contributed by atoms with Gasteiger partial charge in [0.05, 0.1) is 65.9 Å². The Morgan fingerprint density at radius 2 is 1.11 bits per heavy atom. The SMILES string of the molecule is [CH]CCOCCOCCOCCOCCOCCC(=O)ON1C(=O)CCC1=O. The summed E-state index contributed by atoms with van der Waals surface area (Å²) in [4.78, 5) is 38.8. The lowest BCUT2D eigenvalue weighted by Gasteiger charge is -2.12. The van der Waals surface area contributed by atoms with Gasteiger partial charge in [-0.15, -0.1) is 5.06 Å². The molecule has 1 aliphatic heterocycles. The van der Waals surface area contributed by atoms with Crippen LogP contribution in [0.4, 0.5) is 0 Å². The third kappa shape index (κ3) is 12.0. The minimum absolute atomic E-state index is 0.0581. The molecule has 1 rings (SSSR count). The highest BCUT2D eigenvalue weighted by Crippen LogP contribution is 2.12. The van der Waals surface area contributed by atoms with Crippen molar-refractivity contribution in [2.45, 2.75) is 25.7 Å². The molecule has 1 saturated heterocycles. The lowest BCUT2D eigenvalue weighted by Crippen LogP contribution is -2.32. The minimum Gasteiger partial charge on any atom is -0.379 e. The lowest BCUT2D eigenvalue weighted by molar-refractivity contribution is -0.198. The number of imide groups is 1. The smallest absolute Gasteiger partial charge is 0.335 e. The Balaban J connectivity index is 1.79. The monoisotopic (exact) mass is 403 g/mol. The summed E-state index contributed by atoms with van der Waals surface area (Å²) >= 11 is 0. The first-order valence-electron chi connectivity index (χ1n) is 9.30. The minimum atomic E-state index is -0.689. The van der Waals surface area contributed by atoms with Crippen LogP contribution in [0.15, 0.2) is 0 Å². The molecule has 0 aromatic heterocycles. The first-order valence-corrected chi connectivity index (χ1v) is 9.30. The van der Waals surface area contributed by atoms with Gasteiger partial charge in [-0.2, -0.15) is 0 Å². The summed E-state index contributed by atoms with van der Waals surface area (Å²) in [5.74, 6) is -1.69. The predicted molar refractivity (Wildman–Crippen MR) is 94.8 cm³/mol. The number of rotatable bonds is 18. The number of hydrogen-bond donors (Lipinski definition) is 0. The summed E-state index contributed by atoms with van der Waals surface area (Å²) in [6.45, 7) is 9.45. The molecular formula is C18H29NO9. The normalized spacial score (nSPS) is 14.1. The molecule has 0 atom stereocenters. The first-order chi connectivity index (χ1) is 13.6. The molecule has 0 saturated carbocycles. The maximum absolute atomic E-state index is 11.5. The Bertz CT molecular complexity index is 442. The van der Waals surface area contributed by atoms with Gasteiger partial charge < -0.3 is 28.5 Å². The van der Waals surface area contributed by atoms with E-state index >= 15 is 0 Å². The highest BCUT2D eigenvalue weighted by Gasteiger charge is 2.32. The molecule has 2 radical (unpaired) electrons. The molecule has 0 aromatic rings. The zero-order chi connectivity index (χ0) is 20.5. The van der Waals surface area contributed by atoms with E-state index in [1.54, 1.807) is 0 Å². The van der Waals surface area contributed by atoms with Crippen molar-refractivity contribution >= 4 is 17.8 Å². The van der Waals surface area contributed by atoms with Crippen LogP contribution in [0.1, 0.15) is 25.7 Å². The molecule has 2 amide bonds. The zero-order valence-electron chi connectivity index (χ0n) is 16.1. The van der Waals surface area contributed by atoms with Crippen LogP contribution in [0.2, 0.25) is 0 Å². The van der Waals surface area contributed by atoms with E-state index in [0.29, 0.717) is 70.9 Å². The van der Waals surface area contributed by atoms with Gasteiger partial charge in [0, 0.05) is 19.4 Å². The van der Waals surface area contributed by atoms with Crippen LogP contribution in [0.25, 0.3) is 0 Å². The van der Waals surface area contributed by atoms with Gasteiger partial charge in [0.25, 0.3) is 11.8 Å². The Morgan fingerprint density at radius 3 is 1.54 bits per heavy atom. The highest BCUT2D eigenvalue weighted by molar-refractivity contribution is 6.01. The van der Waals surface area contributed by atoms with Gasteiger partial charge in [-0.3, -0.25) is 9.59 Å². The van der Waals surface area contributed by atoms with E-state index in [-0.39, 0.29) is 25.9 Å². The summed E-state index contributed by atoms with van der Waals surface area (Å²) in [6, 6.07) is 0. The zero-order valence-corrected chi connectivity index (χ0v) is 16.1. The first kappa shape index (κ1) is 24.4. The highest BCUT2D eigenvalue weighted by atomic mass is 16.7. The molecule has 0 aliphatic carbocycles. The van der Waals surface area contributed by atoms with Crippen LogP contribution in [-0.4, -0.2) is 88.9 Å². The molecule has 10 nitrogen and oxygen atoms in total. The largest absolute Gasteiger partial charge is 0.379 e. The lowest BCUT2D eigenvalue weighted by atomic mass is 10.4. The Hall–Kier alpha value is -1.59. The fourth-order valence-corrected chi connectivity index (χ4v) is 2.03. The molecule has 28 heavy (non-hydrogen) atoms. The number of nitrogens with zero attached hydrogens (tertiary/aromatic N) is 1. The van der Waals surface area contributed by atoms with Gasteiger partial charge >= 0.3 is 5.97 Å². The molecule has 0 spiro atoms. The number of hydrogen-bond acceptors (Lipinski definition) is 9. The van der Waals surface area contributed by atoms with Crippen molar-refractivity contribution in [3.8, 4) is 0 Å². The van der Waals surface area contributed by atoms with Crippen LogP contribution in [0.5, 0.6) is 0 Å². The number of carbonyl (C=O) groups excluding carboxylic acids is 3. The van der Waals surface area contributed by atoms with Crippen molar-refractivity contribution in [3.63, 3.8) is 0 Å². The third-order valence-corrected chi connectivity index (χ3v) is 3.40. The Morgan fingerprint density at radius 1 is 0.714 bits per heavy atom. The van der Waals surface area contributed by atoms with Crippen molar-refractivity contribution < 1.29 is 42.9 Å². The van der Waals surface area contributed by atoms with E-state index in [1.807, 2.05) is 0 Å². The van der Waals surface area contributed by atoms with Gasteiger partial charge in [-0.05, 0) is 13.3 Å². The maximum atomic E-state index is 11.5. The van der Waals surface area contributed by atoms with E-state index in [9.17, 15) is 14.4 Å². The number of ether oxygens (including phenoxy) is 5. The molecule has 0 N–H and O–H groups in total. The van der Waals surface area contributed by atoms with Crippen LogP contribution in [-0.2, 0) is 42.9 Å². The number of amides is 2. The summed E-state index contributed by atoms with van der Waals surface area (Å²) in [6.07, 6.45) is 0.586. The quantitative estimate of drug-likeness (QED) is 0.234. The molecule has 1 heterocycles. The third-order valence-electron chi connectivity index (χ3n) is 3.40. The second kappa shape index (κ2) is 16.4. The van der Waals surface area contributed by atoms with Crippen LogP contribution >= 0.6 is 0 Å². The molecule has 0 bridgehead atoms. The van der Waals surface area contributed by atoms with Crippen molar-refractivity contribution in [1.82, 2.24) is 5.06 Å². The van der Waals surface area contributed by atoms with E-state index in [0.717, 1.165) is 0 Å². The second-order valence-corrected chi connectivity index (χ2v) is 5.65. The molecule has 1 aliphatic rings. The van der Waals surface area contributed by atoms with E-state index in [1.165, 1.54) is 0 Å².